The number of benzene rings is 2. The molecule has 0 unspecified atom stereocenters. The minimum Gasteiger partial charge on any atom is -0.355 e. The lowest BCUT2D eigenvalue weighted by Crippen LogP contribution is -2.28. The van der Waals surface area contributed by atoms with E-state index in [0.717, 1.165) is 5.75 Å². The summed E-state index contributed by atoms with van der Waals surface area (Å²) in [4.78, 5) is 24.8. The molecular weight excluding hydrogens is 332 g/mol. The Bertz CT molecular complexity index is 672. The molecule has 0 saturated carbocycles. The van der Waals surface area contributed by atoms with E-state index < -0.39 is 0 Å². The van der Waals surface area contributed by atoms with Crippen molar-refractivity contribution in [1.82, 2.24) is 10.6 Å². The van der Waals surface area contributed by atoms with E-state index in [0.29, 0.717) is 31.5 Å². The first kappa shape index (κ1) is 19.1. The first-order chi connectivity index (χ1) is 12.1. The second-order valence-electron chi connectivity index (χ2n) is 5.74. The van der Waals surface area contributed by atoms with Crippen molar-refractivity contribution >= 4 is 23.6 Å². The molecule has 0 saturated heterocycles. The summed E-state index contributed by atoms with van der Waals surface area (Å²) in [5.74, 6) is 0.772. The molecule has 0 aromatic heterocycles. The number of thioether (sulfide) groups is 1. The van der Waals surface area contributed by atoms with Gasteiger partial charge in [-0.2, -0.15) is 0 Å². The smallest absolute Gasteiger partial charge is 0.251 e. The van der Waals surface area contributed by atoms with Gasteiger partial charge in [-0.1, -0.05) is 35.9 Å². The second kappa shape index (κ2) is 10.6. The second-order valence-corrected chi connectivity index (χ2v) is 6.91. The van der Waals surface area contributed by atoms with Gasteiger partial charge in [-0.25, -0.2) is 0 Å². The summed E-state index contributed by atoms with van der Waals surface area (Å²) in [7, 11) is 0. The number of amides is 2. The largest absolute Gasteiger partial charge is 0.355 e. The van der Waals surface area contributed by atoms with Gasteiger partial charge in [-0.15, -0.1) is 11.8 Å². The molecule has 2 N–H and O–H groups in total. The molecule has 0 bridgehead atoms. The van der Waals surface area contributed by atoms with Crippen molar-refractivity contribution in [2.24, 2.45) is 0 Å². The molecule has 4 nitrogen and oxygen atoms in total. The average Bonchev–Trinajstić information content (AvgIpc) is 2.64. The molecule has 2 aromatic rings. The SMILES string of the molecule is Cc1ccc(SCCNC(=O)CCCNC(=O)c2ccccc2)cc1. The van der Waals surface area contributed by atoms with Gasteiger partial charge in [-0.05, 0) is 37.6 Å². The topological polar surface area (TPSA) is 58.2 Å². The summed E-state index contributed by atoms with van der Waals surface area (Å²) >= 11 is 1.73. The van der Waals surface area contributed by atoms with Gasteiger partial charge >= 0.3 is 0 Å². The van der Waals surface area contributed by atoms with E-state index in [-0.39, 0.29) is 11.8 Å². The van der Waals surface area contributed by atoms with Crippen LogP contribution in [0.15, 0.2) is 59.5 Å². The molecule has 0 aliphatic carbocycles. The molecule has 2 aromatic carbocycles. The number of aryl methyl sites for hydroxylation is 1. The summed E-state index contributed by atoms with van der Waals surface area (Å²) in [6.45, 7) is 3.21. The lowest BCUT2D eigenvalue weighted by molar-refractivity contribution is -0.121. The zero-order chi connectivity index (χ0) is 17.9. The van der Waals surface area contributed by atoms with Crippen LogP contribution in [0.2, 0.25) is 0 Å². The molecule has 0 aliphatic heterocycles. The van der Waals surface area contributed by atoms with Crippen LogP contribution in [0.4, 0.5) is 0 Å². The molecule has 0 fully saturated rings. The van der Waals surface area contributed by atoms with E-state index in [9.17, 15) is 9.59 Å². The lowest BCUT2D eigenvalue weighted by atomic mass is 10.2. The van der Waals surface area contributed by atoms with Gasteiger partial charge < -0.3 is 10.6 Å². The average molecular weight is 356 g/mol. The highest BCUT2D eigenvalue weighted by molar-refractivity contribution is 7.99. The molecule has 0 aliphatic rings. The van der Waals surface area contributed by atoms with E-state index in [4.69, 9.17) is 0 Å². The molecule has 0 heterocycles. The van der Waals surface area contributed by atoms with Crippen LogP contribution < -0.4 is 10.6 Å². The van der Waals surface area contributed by atoms with Crippen molar-refractivity contribution in [3.05, 3.63) is 65.7 Å². The maximum absolute atomic E-state index is 11.8. The Morgan fingerprint density at radius 2 is 1.64 bits per heavy atom. The van der Waals surface area contributed by atoms with Crippen LogP contribution in [0, 0.1) is 6.92 Å². The molecule has 0 spiro atoms. The van der Waals surface area contributed by atoms with Crippen LogP contribution in [0.25, 0.3) is 0 Å². The lowest BCUT2D eigenvalue weighted by Gasteiger charge is -2.07. The number of carbonyl (C=O) groups is 2. The minimum atomic E-state index is -0.101. The van der Waals surface area contributed by atoms with Crippen molar-refractivity contribution in [3.63, 3.8) is 0 Å². The van der Waals surface area contributed by atoms with Gasteiger partial charge in [0.1, 0.15) is 0 Å². The Kier molecular flexibility index (Phi) is 8.05. The van der Waals surface area contributed by atoms with E-state index in [1.165, 1.54) is 10.5 Å². The van der Waals surface area contributed by atoms with Crippen LogP contribution in [-0.2, 0) is 4.79 Å². The summed E-state index contributed by atoms with van der Waals surface area (Å²) < 4.78 is 0. The predicted molar refractivity (Wildman–Crippen MR) is 103 cm³/mol. The predicted octanol–water partition coefficient (Wildman–Crippen LogP) is 3.41. The summed E-state index contributed by atoms with van der Waals surface area (Å²) in [5.41, 5.74) is 1.89. The van der Waals surface area contributed by atoms with Crippen molar-refractivity contribution in [2.45, 2.75) is 24.7 Å². The normalized spacial score (nSPS) is 10.3. The molecule has 2 amide bonds. The van der Waals surface area contributed by atoms with Crippen LogP contribution in [0.1, 0.15) is 28.8 Å². The molecule has 132 valence electrons. The van der Waals surface area contributed by atoms with Gasteiger partial charge in [0, 0.05) is 35.7 Å². The highest BCUT2D eigenvalue weighted by Crippen LogP contribution is 2.17. The Labute approximate surface area is 153 Å². The number of hydrogen-bond donors (Lipinski definition) is 2. The van der Waals surface area contributed by atoms with E-state index in [1.807, 2.05) is 18.2 Å². The number of nitrogens with one attached hydrogen (secondary N) is 2. The van der Waals surface area contributed by atoms with Crippen molar-refractivity contribution < 1.29 is 9.59 Å². The van der Waals surface area contributed by atoms with Gasteiger partial charge in [0.2, 0.25) is 5.91 Å². The van der Waals surface area contributed by atoms with E-state index in [1.54, 1.807) is 23.9 Å². The van der Waals surface area contributed by atoms with Gasteiger partial charge in [0.25, 0.3) is 5.91 Å². The molecule has 2 rings (SSSR count). The molecule has 25 heavy (non-hydrogen) atoms. The van der Waals surface area contributed by atoms with Crippen molar-refractivity contribution in [1.29, 1.82) is 0 Å². The van der Waals surface area contributed by atoms with Gasteiger partial charge in [0.05, 0.1) is 0 Å². The number of rotatable bonds is 9. The fourth-order valence-electron chi connectivity index (χ4n) is 2.22. The quantitative estimate of drug-likeness (QED) is 0.535. The minimum absolute atomic E-state index is 0.0264. The maximum Gasteiger partial charge on any atom is 0.251 e. The molecule has 5 heteroatoms. The third-order valence-electron chi connectivity index (χ3n) is 3.62. The fraction of sp³-hybridized carbons (Fsp3) is 0.300. The fourth-order valence-corrected chi connectivity index (χ4v) is 2.99. The first-order valence-electron chi connectivity index (χ1n) is 8.44. The van der Waals surface area contributed by atoms with E-state index in [2.05, 4.69) is 41.8 Å². The summed E-state index contributed by atoms with van der Waals surface area (Å²) in [6.07, 6.45) is 1.06. The third-order valence-corrected chi connectivity index (χ3v) is 4.63. The zero-order valence-corrected chi connectivity index (χ0v) is 15.3. The van der Waals surface area contributed by atoms with Crippen LogP contribution in [0.3, 0.4) is 0 Å². The summed E-state index contributed by atoms with van der Waals surface area (Å²) in [6, 6.07) is 17.4. The van der Waals surface area contributed by atoms with Crippen LogP contribution in [-0.4, -0.2) is 30.7 Å². The highest BCUT2D eigenvalue weighted by atomic mass is 32.2. The van der Waals surface area contributed by atoms with Crippen LogP contribution >= 0.6 is 11.8 Å². The zero-order valence-electron chi connectivity index (χ0n) is 14.5. The highest BCUT2D eigenvalue weighted by Gasteiger charge is 2.05. The van der Waals surface area contributed by atoms with Crippen molar-refractivity contribution in [3.8, 4) is 0 Å². The summed E-state index contributed by atoms with van der Waals surface area (Å²) in [5, 5.41) is 5.74. The van der Waals surface area contributed by atoms with Crippen LogP contribution in [0.5, 0.6) is 0 Å². The molecule has 0 radical (unpaired) electrons. The monoisotopic (exact) mass is 356 g/mol. The molecule has 0 atom stereocenters. The Morgan fingerprint density at radius 3 is 2.36 bits per heavy atom. The third kappa shape index (κ3) is 7.44. The first-order valence-corrected chi connectivity index (χ1v) is 9.43. The van der Waals surface area contributed by atoms with Crippen molar-refractivity contribution in [2.75, 3.05) is 18.8 Å². The standard InChI is InChI=1S/C20H24N2O2S/c1-16-9-11-18(12-10-16)25-15-14-21-19(23)8-5-13-22-20(24)17-6-3-2-4-7-17/h2-4,6-7,9-12H,5,8,13-15H2,1H3,(H,21,23)(H,22,24). The maximum atomic E-state index is 11.8. The van der Waals surface area contributed by atoms with Gasteiger partial charge in [0.15, 0.2) is 0 Å². The number of carbonyl (C=O) groups excluding carboxylic acids is 2. The van der Waals surface area contributed by atoms with Gasteiger partial charge in [-0.3, -0.25) is 9.59 Å². The Hall–Kier alpha value is -2.27. The number of hydrogen-bond acceptors (Lipinski definition) is 3. The van der Waals surface area contributed by atoms with E-state index >= 15 is 0 Å². The molecular formula is C20H24N2O2S. The Balaban J connectivity index is 1.52. The Morgan fingerprint density at radius 1 is 0.920 bits per heavy atom.